The Morgan fingerprint density at radius 3 is 2.84 bits per heavy atom. The Labute approximate surface area is 118 Å². The zero-order valence-electron chi connectivity index (χ0n) is 10.2. The van der Waals surface area contributed by atoms with Gasteiger partial charge in [0.15, 0.2) is 0 Å². The lowest BCUT2D eigenvalue weighted by atomic mass is 10.2. The first-order valence-corrected chi connectivity index (χ1v) is 6.96. The van der Waals surface area contributed by atoms with Crippen LogP contribution in [-0.2, 0) is 11.3 Å². The summed E-state index contributed by atoms with van der Waals surface area (Å²) in [7, 11) is 0. The smallest absolute Gasteiger partial charge is 0.327 e. The summed E-state index contributed by atoms with van der Waals surface area (Å²) in [5.41, 5.74) is 0.813. The van der Waals surface area contributed by atoms with E-state index in [1.54, 1.807) is 23.1 Å². The van der Waals surface area contributed by atoms with Crippen molar-refractivity contribution in [2.75, 3.05) is 6.54 Å². The highest BCUT2D eigenvalue weighted by Gasteiger charge is 2.47. The van der Waals surface area contributed by atoms with Gasteiger partial charge >= 0.3 is 6.03 Å². The van der Waals surface area contributed by atoms with E-state index < -0.39 is 0 Å². The maximum atomic E-state index is 12.2. The van der Waals surface area contributed by atoms with Crippen molar-refractivity contribution in [3.05, 3.63) is 28.2 Å². The second-order valence-electron chi connectivity index (χ2n) is 4.84. The molecule has 0 aromatic heterocycles. The third-order valence-electron chi connectivity index (χ3n) is 3.63. The molecule has 1 atom stereocenters. The molecule has 1 N–H and O–H groups in total. The van der Waals surface area contributed by atoms with Gasteiger partial charge in [0, 0.05) is 6.54 Å². The van der Waals surface area contributed by atoms with E-state index >= 15 is 0 Å². The zero-order chi connectivity index (χ0) is 13.6. The Morgan fingerprint density at radius 1 is 1.37 bits per heavy atom. The van der Waals surface area contributed by atoms with E-state index in [-0.39, 0.29) is 30.3 Å². The highest BCUT2D eigenvalue weighted by atomic mass is 79.9. The van der Waals surface area contributed by atoms with Gasteiger partial charge in [0.2, 0.25) is 0 Å². The van der Waals surface area contributed by atoms with E-state index in [1.165, 1.54) is 4.90 Å². The van der Waals surface area contributed by atoms with Crippen molar-refractivity contribution in [1.82, 2.24) is 9.80 Å². The first kappa shape index (κ1) is 12.5. The number of rotatable bonds is 2. The van der Waals surface area contributed by atoms with Crippen molar-refractivity contribution in [2.45, 2.75) is 25.4 Å². The van der Waals surface area contributed by atoms with Crippen LogP contribution < -0.4 is 0 Å². The van der Waals surface area contributed by atoms with Crippen molar-refractivity contribution in [2.24, 2.45) is 0 Å². The molecular formula is C13H13BrN2O3. The summed E-state index contributed by atoms with van der Waals surface area (Å²) in [5.74, 6) is 0.0372. The van der Waals surface area contributed by atoms with E-state index in [0.29, 0.717) is 11.0 Å². The maximum Gasteiger partial charge on any atom is 0.327 e. The number of phenols is 1. The molecule has 3 rings (SSSR count). The number of amides is 3. The van der Waals surface area contributed by atoms with Crippen LogP contribution in [0.2, 0.25) is 0 Å². The average Bonchev–Trinajstić information content (AvgIpc) is 2.94. The Morgan fingerprint density at radius 2 is 2.16 bits per heavy atom. The number of carbonyl (C=O) groups excluding carboxylic acids is 2. The Hall–Kier alpha value is -1.56. The van der Waals surface area contributed by atoms with Crippen molar-refractivity contribution >= 4 is 27.9 Å². The van der Waals surface area contributed by atoms with Crippen LogP contribution >= 0.6 is 15.9 Å². The van der Waals surface area contributed by atoms with Gasteiger partial charge in [-0.3, -0.25) is 9.69 Å². The van der Waals surface area contributed by atoms with E-state index in [9.17, 15) is 14.7 Å². The van der Waals surface area contributed by atoms with Crippen molar-refractivity contribution < 1.29 is 14.7 Å². The second-order valence-corrected chi connectivity index (χ2v) is 5.70. The van der Waals surface area contributed by atoms with E-state index in [4.69, 9.17) is 0 Å². The number of hydrogen-bond acceptors (Lipinski definition) is 3. The number of imide groups is 1. The molecule has 5 nitrogen and oxygen atoms in total. The number of benzene rings is 1. The van der Waals surface area contributed by atoms with Crippen LogP contribution in [0.3, 0.4) is 0 Å². The lowest BCUT2D eigenvalue weighted by Gasteiger charge is -2.15. The van der Waals surface area contributed by atoms with Gasteiger partial charge in [-0.1, -0.05) is 6.07 Å². The predicted octanol–water partition coefficient (Wildman–Crippen LogP) is 2.08. The van der Waals surface area contributed by atoms with Crippen LogP contribution in [0.15, 0.2) is 22.7 Å². The standard InChI is InChI=1S/C13H13BrN2O3/c14-9-6-8(3-4-11(9)17)7-16-12(18)10-2-1-5-15(10)13(16)19/h3-4,6,10,17H,1-2,5,7H2/t10-/m1/s1. The number of urea groups is 1. The zero-order valence-corrected chi connectivity index (χ0v) is 11.8. The van der Waals surface area contributed by atoms with E-state index in [1.807, 2.05) is 0 Å². The molecule has 2 saturated heterocycles. The summed E-state index contributed by atoms with van der Waals surface area (Å²) >= 11 is 3.23. The molecule has 0 aliphatic carbocycles. The minimum atomic E-state index is -0.256. The number of fused-ring (bicyclic) bond motifs is 1. The first-order chi connectivity index (χ1) is 9.08. The van der Waals surface area contributed by atoms with E-state index in [2.05, 4.69) is 15.9 Å². The monoisotopic (exact) mass is 324 g/mol. The minimum Gasteiger partial charge on any atom is -0.507 e. The molecule has 1 aromatic carbocycles. The summed E-state index contributed by atoms with van der Waals surface area (Å²) in [6.07, 6.45) is 1.67. The number of aromatic hydroxyl groups is 1. The molecule has 19 heavy (non-hydrogen) atoms. The molecule has 1 aromatic rings. The van der Waals surface area contributed by atoms with Crippen LogP contribution in [0.5, 0.6) is 5.75 Å². The third kappa shape index (κ3) is 2.00. The Kier molecular flexibility index (Phi) is 2.97. The van der Waals surface area contributed by atoms with Crippen LogP contribution in [-0.4, -0.2) is 39.4 Å². The van der Waals surface area contributed by atoms with Crippen molar-refractivity contribution in [3.63, 3.8) is 0 Å². The average molecular weight is 325 g/mol. The summed E-state index contributed by atoms with van der Waals surface area (Å²) in [4.78, 5) is 27.2. The van der Waals surface area contributed by atoms with Crippen molar-refractivity contribution in [1.29, 1.82) is 0 Å². The van der Waals surface area contributed by atoms with Crippen LogP contribution in [0.1, 0.15) is 18.4 Å². The lowest BCUT2D eigenvalue weighted by Crippen LogP contribution is -2.32. The van der Waals surface area contributed by atoms with Crippen molar-refractivity contribution in [3.8, 4) is 5.75 Å². The van der Waals surface area contributed by atoms with Gasteiger partial charge in [-0.2, -0.15) is 0 Å². The summed E-state index contributed by atoms with van der Waals surface area (Å²) < 4.78 is 0.560. The fraction of sp³-hybridized carbons (Fsp3) is 0.385. The number of nitrogens with zero attached hydrogens (tertiary/aromatic N) is 2. The first-order valence-electron chi connectivity index (χ1n) is 6.17. The fourth-order valence-corrected chi connectivity index (χ4v) is 3.08. The van der Waals surface area contributed by atoms with Crippen LogP contribution in [0.25, 0.3) is 0 Å². The molecule has 0 radical (unpaired) electrons. The molecule has 0 saturated carbocycles. The van der Waals surface area contributed by atoms with E-state index in [0.717, 1.165) is 18.4 Å². The van der Waals surface area contributed by atoms with Gasteiger partial charge in [-0.15, -0.1) is 0 Å². The molecule has 0 bridgehead atoms. The predicted molar refractivity (Wildman–Crippen MR) is 71.5 cm³/mol. The minimum absolute atomic E-state index is 0.105. The maximum absolute atomic E-state index is 12.2. The van der Waals surface area contributed by atoms with Gasteiger partial charge in [0.05, 0.1) is 11.0 Å². The van der Waals surface area contributed by atoms with Gasteiger partial charge in [-0.05, 0) is 46.5 Å². The molecule has 2 heterocycles. The SMILES string of the molecule is O=C1[C@H]2CCCN2C(=O)N1Cc1ccc(O)c(Br)c1. The highest BCUT2D eigenvalue weighted by Crippen LogP contribution is 2.30. The molecule has 2 aliphatic heterocycles. The molecule has 2 aliphatic rings. The number of halogens is 1. The highest BCUT2D eigenvalue weighted by molar-refractivity contribution is 9.10. The Bertz CT molecular complexity index is 539. The molecule has 0 spiro atoms. The quantitative estimate of drug-likeness (QED) is 0.847. The Balaban J connectivity index is 1.81. The molecule has 0 unspecified atom stereocenters. The van der Waals surface area contributed by atoms with Crippen LogP contribution in [0, 0.1) is 0 Å². The topological polar surface area (TPSA) is 60.9 Å². The molecular weight excluding hydrogens is 312 g/mol. The summed E-state index contributed by atoms with van der Waals surface area (Å²) in [6.45, 7) is 0.925. The largest absolute Gasteiger partial charge is 0.507 e. The van der Waals surface area contributed by atoms with Gasteiger partial charge in [-0.25, -0.2) is 4.79 Å². The fourth-order valence-electron chi connectivity index (χ4n) is 2.66. The van der Waals surface area contributed by atoms with Gasteiger partial charge < -0.3 is 10.0 Å². The number of hydrogen-bond donors (Lipinski definition) is 1. The molecule has 3 amide bonds. The number of phenolic OH excluding ortho intramolecular Hbond substituents is 1. The lowest BCUT2D eigenvalue weighted by molar-refractivity contribution is -0.128. The normalized spacial score (nSPS) is 22.3. The summed E-state index contributed by atoms with van der Waals surface area (Å²) in [5, 5.41) is 9.44. The molecule has 2 fully saturated rings. The summed E-state index contributed by atoms with van der Waals surface area (Å²) in [6, 6.07) is 4.53. The second kappa shape index (κ2) is 4.52. The van der Waals surface area contributed by atoms with Gasteiger partial charge in [0.1, 0.15) is 11.8 Å². The molecule has 6 heteroatoms. The molecule has 100 valence electrons. The third-order valence-corrected chi connectivity index (χ3v) is 4.27. The number of carbonyl (C=O) groups is 2. The van der Waals surface area contributed by atoms with Crippen LogP contribution in [0.4, 0.5) is 4.79 Å². The van der Waals surface area contributed by atoms with Gasteiger partial charge in [0.25, 0.3) is 5.91 Å².